The molecule has 82 valence electrons. The summed E-state index contributed by atoms with van der Waals surface area (Å²) in [6.07, 6.45) is 2.61. The van der Waals surface area contributed by atoms with Crippen molar-refractivity contribution in [2.75, 3.05) is 25.1 Å². The van der Waals surface area contributed by atoms with Crippen molar-refractivity contribution >= 4 is 22.4 Å². The Morgan fingerprint density at radius 1 is 1.80 bits per heavy atom. The van der Waals surface area contributed by atoms with Crippen LogP contribution in [0.3, 0.4) is 0 Å². The zero-order valence-corrected chi connectivity index (χ0v) is 9.16. The van der Waals surface area contributed by atoms with Gasteiger partial charge in [0, 0.05) is 20.2 Å². The van der Waals surface area contributed by atoms with Crippen LogP contribution in [0.5, 0.6) is 0 Å². The molecule has 0 aromatic carbocycles. The first kappa shape index (κ1) is 10.4. The number of carboxylic acids is 1. The first-order valence-electron chi connectivity index (χ1n) is 4.67. The molecule has 1 unspecified atom stereocenters. The van der Waals surface area contributed by atoms with Gasteiger partial charge in [-0.2, -0.15) is 0 Å². The minimum Gasteiger partial charge on any atom is -0.477 e. The van der Waals surface area contributed by atoms with Crippen LogP contribution in [0.25, 0.3) is 0 Å². The second kappa shape index (κ2) is 4.16. The Morgan fingerprint density at radius 3 is 3.13 bits per heavy atom. The van der Waals surface area contributed by atoms with Gasteiger partial charge in [-0.15, -0.1) is 0 Å². The van der Waals surface area contributed by atoms with Crippen LogP contribution >= 0.6 is 11.3 Å². The van der Waals surface area contributed by atoms with Gasteiger partial charge in [0.05, 0.1) is 12.3 Å². The van der Waals surface area contributed by atoms with E-state index in [2.05, 4.69) is 9.88 Å². The molecule has 2 rings (SSSR count). The Bertz CT molecular complexity index is 366. The van der Waals surface area contributed by atoms with Crippen LogP contribution in [0, 0.1) is 0 Å². The van der Waals surface area contributed by atoms with Crippen LogP contribution in [0.2, 0.25) is 0 Å². The Labute approximate surface area is 91.3 Å². The summed E-state index contributed by atoms with van der Waals surface area (Å²) >= 11 is 1.21. The number of hydrogen-bond donors (Lipinski definition) is 1. The molecule has 5 nitrogen and oxygen atoms in total. The molecule has 0 bridgehead atoms. The Morgan fingerprint density at radius 2 is 2.60 bits per heavy atom. The first-order chi connectivity index (χ1) is 7.20. The third-order valence-electron chi connectivity index (χ3n) is 2.45. The molecule has 1 aliphatic heterocycles. The number of ether oxygens (including phenoxy) is 1. The van der Waals surface area contributed by atoms with Gasteiger partial charge in [0.25, 0.3) is 0 Å². The van der Waals surface area contributed by atoms with Crippen molar-refractivity contribution in [2.24, 2.45) is 0 Å². The number of carbonyl (C=O) groups is 1. The summed E-state index contributed by atoms with van der Waals surface area (Å²) in [7, 11) is 1.69. The van der Waals surface area contributed by atoms with Crippen LogP contribution in [-0.4, -0.2) is 42.4 Å². The molecule has 1 aliphatic rings. The lowest BCUT2D eigenvalue weighted by molar-refractivity contribution is 0.0702. The molecule has 0 amide bonds. The van der Waals surface area contributed by atoms with Gasteiger partial charge in [0.15, 0.2) is 5.13 Å². The van der Waals surface area contributed by atoms with Crippen molar-refractivity contribution in [3.63, 3.8) is 0 Å². The van der Waals surface area contributed by atoms with Gasteiger partial charge in [-0.1, -0.05) is 11.3 Å². The summed E-state index contributed by atoms with van der Waals surface area (Å²) in [5, 5.41) is 9.54. The molecule has 1 N–H and O–H groups in total. The molecular weight excluding hydrogens is 216 g/mol. The second-order valence-corrected chi connectivity index (χ2v) is 4.41. The van der Waals surface area contributed by atoms with E-state index in [4.69, 9.17) is 9.84 Å². The van der Waals surface area contributed by atoms with Crippen LogP contribution in [0.4, 0.5) is 5.13 Å². The minimum absolute atomic E-state index is 0.238. The molecule has 0 aliphatic carbocycles. The highest BCUT2D eigenvalue weighted by molar-refractivity contribution is 7.17. The fourth-order valence-electron chi connectivity index (χ4n) is 1.60. The molecule has 0 saturated carbocycles. The summed E-state index contributed by atoms with van der Waals surface area (Å²) in [6, 6.07) is 0. The molecule has 1 aromatic heterocycles. The smallest absolute Gasteiger partial charge is 0.347 e. The quantitative estimate of drug-likeness (QED) is 0.838. The molecule has 1 fully saturated rings. The molecule has 15 heavy (non-hydrogen) atoms. The monoisotopic (exact) mass is 228 g/mol. The van der Waals surface area contributed by atoms with E-state index in [1.165, 1.54) is 17.5 Å². The zero-order chi connectivity index (χ0) is 10.8. The SMILES string of the molecule is COC1CCN(c2ncc(C(=O)O)s2)C1. The van der Waals surface area contributed by atoms with E-state index < -0.39 is 5.97 Å². The van der Waals surface area contributed by atoms with Crippen LogP contribution in [-0.2, 0) is 4.74 Å². The fourth-order valence-corrected chi connectivity index (χ4v) is 2.39. The number of thiazole rings is 1. The predicted octanol–water partition coefficient (Wildman–Crippen LogP) is 1.07. The zero-order valence-electron chi connectivity index (χ0n) is 8.34. The molecule has 2 heterocycles. The van der Waals surface area contributed by atoms with E-state index in [1.54, 1.807) is 7.11 Å². The van der Waals surface area contributed by atoms with Crippen molar-refractivity contribution in [1.29, 1.82) is 0 Å². The highest BCUT2D eigenvalue weighted by Crippen LogP contribution is 2.26. The van der Waals surface area contributed by atoms with Crippen LogP contribution in [0.1, 0.15) is 16.1 Å². The van der Waals surface area contributed by atoms with Gasteiger partial charge < -0.3 is 14.7 Å². The largest absolute Gasteiger partial charge is 0.477 e. The summed E-state index contributed by atoms with van der Waals surface area (Å²) in [5.74, 6) is -0.916. The summed E-state index contributed by atoms with van der Waals surface area (Å²) in [4.78, 5) is 17.1. The van der Waals surface area contributed by atoms with Crippen molar-refractivity contribution in [3.05, 3.63) is 11.1 Å². The van der Waals surface area contributed by atoms with Gasteiger partial charge in [-0.3, -0.25) is 0 Å². The van der Waals surface area contributed by atoms with Crippen LogP contribution in [0.15, 0.2) is 6.20 Å². The van der Waals surface area contributed by atoms with Gasteiger partial charge in [-0.05, 0) is 6.42 Å². The van der Waals surface area contributed by atoms with Gasteiger partial charge in [0.1, 0.15) is 4.88 Å². The maximum Gasteiger partial charge on any atom is 0.347 e. The number of rotatable bonds is 3. The van der Waals surface area contributed by atoms with Gasteiger partial charge in [0.2, 0.25) is 0 Å². The minimum atomic E-state index is -0.916. The Hall–Kier alpha value is -1.14. The highest BCUT2D eigenvalue weighted by Gasteiger charge is 2.24. The maximum atomic E-state index is 10.7. The lowest BCUT2D eigenvalue weighted by Gasteiger charge is -2.13. The van der Waals surface area contributed by atoms with E-state index >= 15 is 0 Å². The van der Waals surface area contributed by atoms with Crippen LogP contribution < -0.4 is 4.90 Å². The number of aromatic carboxylic acids is 1. The van der Waals surface area contributed by atoms with Crippen molar-refractivity contribution in [3.8, 4) is 0 Å². The summed E-state index contributed by atoms with van der Waals surface area (Å²) in [6.45, 7) is 1.67. The van der Waals surface area contributed by atoms with E-state index in [1.807, 2.05) is 0 Å². The number of hydrogen-bond acceptors (Lipinski definition) is 5. The molecule has 1 saturated heterocycles. The van der Waals surface area contributed by atoms with E-state index in [9.17, 15) is 4.79 Å². The second-order valence-electron chi connectivity index (χ2n) is 3.40. The lowest BCUT2D eigenvalue weighted by atomic mass is 10.3. The van der Waals surface area contributed by atoms with Gasteiger partial charge >= 0.3 is 5.97 Å². The Kier molecular flexibility index (Phi) is 2.88. The van der Waals surface area contributed by atoms with E-state index in [0.717, 1.165) is 24.6 Å². The number of nitrogens with zero attached hydrogens (tertiary/aromatic N) is 2. The summed E-state index contributed by atoms with van der Waals surface area (Å²) in [5.41, 5.74) is 0. The topological polar surface area (TPSA) is 62.7 Å². The number of anilines is 1. The molecule has 6 heteroatoms. The molecule has 1 atom stereocenters. The number of carboxylic acid groups (broad SMARTS) is 1. The number of aromatic nitrogens is 1. The van der Waals surface area contributed by atoms with Crippen molar-refractivity contribution in [2.45, 2.75) is 12.5 Å². The predicted molar refractivity (Wildman–Crippen MR) is 56.7 cm³/mol. The number of methoxy groups -OCH3 is 1. The Balaban J connectivity index is 2.07. The molecule has 0 spiro atoms. The third kappa shape index (κ3) is 2.10. The first-order valence-corrected chi connectivity index (χ1v) is 5.49. The average Bonchev–Trinajstić information content (AvgIpc) is 2.86. The van der Waals surface area contributed by atoms with Crippen molar-refractivity contribution < 1.29 is 14.6 Å². The van der Waals surface area contributed by atoms with E-state index in [0.29, 0.717) is 0 Å². The normalized spacial score (nSPS) is 20.9. The maximum absolute atomic E-state index is 10.7. The highest BCUT2D eigenvalue weighted by atomic mass is 32.1. The molecule has 0 radical (unpaired) electrons. The van der Waals surface area contributed by atoms with Gasteiger partial charge in [-0.25, -0.2) is 9.78 Å². The van der Waals surface area contributed by atoms with E-state index in [-0.39, 0.29) is 11.0 Å². The third-order valence-corrected chi connectivity index (χ3v) is 3.50. The standard InChI is InChI=1S/C9H12N2O3S/c1-14-6-2-3-11(5-6)9-10-4-7(15-9)8(12)13/h4,6H,2-3,5H2,1H3,(H,12,13). The lowest BCUT2D eigenvalue weighted by Crippen LogP contribution is -2.21. The van der Waals surface area contributed by atoms with Crippen molar-refractivity contribution in [1.82, 2.24) is 4.98 Å². The fraction of sp³-hybridized carbons (Fsp3) is 0.556. The average molecular weight is 228 g/mol. The molecule has 1 aromatic rings. The molecular formula is C9H12N2O3S. The summed E-state index contributed by atoms with van der Waals surface area (Å²) < 4.78 is 5.24.